The number of carbonyl (C=O) groups excluding carboxylic acids is 1. The van der Waals surface area contributed by atoms with Gasteiger partial charge in [0.25, 0.3) is 0 Å². The number of carbonyl (C=O) groups is 2. The van der Waals surface area contributed by atoms with Crippen molar-refractivity contribution in [2.75, 3.05) is 0 Å². The zero-order valence-electron chi connectivity index (χ0n) is 10.2. The number of hydrogen-bond acceptors (Lipinski definition) is 3. The predicted molar refractivity (Wildman–Crippen MR) is 62.6 cm³/mol. The van der Waals surface area contributed by atoms with Gasteiger partial charge >= 0.3 is 12.3 Å². The van der Waals surface area contributed by atoms with Crippen LogP contribution in [-0.2, 0) is 9.59 Å². The summed E-state index contributed by atoms with van der Waals surface area (Å²) < 4.78 is 39.8. The van der Waals surface area contributed by atoms with E-state index in [1.165, 1.54) is 12.1 Å². The number of halogens is 3. The van der Waals surface area contributed by atoms with Gasteiger partial charge in [-0.3, -0.25) is 4.79 Å². The van der Waals surface area contributed by atoms with Crippen LogP contribution in [0.1, 0.15) is 12.5 Å². The van der Waals surface area contributed by atoms with Crippen LogP contribution in [-0.4, -0.2) is 23.3 Å². The molecule has 20 heavy (non-hydrogen) atoms. The number of ether oxygens (including phenoxy) is 1. The third-order valence-corrected chi connectivity index (χ3v) is 1.94. The van der Waals surface area contributed by atoms with Gasteiger partial charge in [-0.15, -0.1) is 13.2 Å². The van der Waals surface area contributed by atoms with Gasteiger partial charge in [0.1, 0.15) is 11.4 Å². The summed E-state index contributed by atoms with van der Waals surface area (Å²) in [4.78, 5) is 21.7. The van der Waals surface area contributed by atoms with Gasteiger partial charge in [-0.2, -0.15) is 0 Å². The van der Waals surface area contributed by atoms with E-state index in [1.54, 1.807) is 0 Å². The van der Waals surface area contributed by atoms with E-state index < -0.39 is 29.7 Å². The predicted octanol–water partition coefficient (Wildman–Crippen LogP) is 2.15. The van der Waals surface area contributed by atoms with Gasteiger partial charge in [-0.05, 0) is 23.8 Å². The third kappa shape index (κ3) is 5.42. The molecule has 0 aliphatic carbocycles. The number of carboxylic acid groups (broad SMARTS) is 1. The molecule has 1 aromatic rings. The summed E-state index contributed by atoms with van der Waals surface area (Å²) >= 11 is 0. The van der Waals surface area contributed by atoms with Crippen molar-refractivity contribution in [3.8, 4) is 5.75 Å². The first kappa shape index (κ1) is 15.5. The van der Waals surface area contributed by atoms with Crippen molar-refractivity contribution in [3.63, 3.8) is 0 Å². The van der Waals surface area contributed by atoms with E-state index in [0.717, 1.165) is 25.1 Å². The van der Waals surface area contributed by atoms with Crippen molar-refractivity contribution in [1.29, 1.82) is 0 Å². The Morgan fingerprint density at radius 2 is 2.00 bits per heavy atom. The Labute approximate surface area is 111 Å². The van der Waals surface area contributed by atoms with Crippen LogP contribution in [0.4, 0.5) is 13.2 Å². The summed E-state index contributed by atoms with van der Waals surface area (Å²) in [5.41, 5.74) is -0.320. The first-order valence-corrected chi connectivity index (χ1v) is 5.26. The number of hydrogen-bond donors (Lipinski definition) is 2. The Morgan fingerprint density at radius 3 is 2.50 bits per heavy atom. The molecule has 8 heteroatoms. The quantitative estimate of drug-likeness (QED) is 0.833. The standard InChI is InChI=1S/C12H10F3NO4/c1-7(17)16-10(11(18)19)6-8-3-2-4-9(5-8)20-12(13,14)15/h2-6H,1H3,(H,16,17)(H,18,19)/b10-6+. The molecular formula is C12H10F3NO4. The number of amides is 1. The highest BCUT2D eigenvalue weighted by Crippen LogP contribution is 2.23. The van der Waals surface area contributed by atoms with Crippen LogP contribution in [0.5, 0.6) is 5.75 Å². The second-order valence-electron chi connectivity index (χ2n) is 3.66. The molecule has 0 atom stereocenters. The fourth-order valence-electron chi connectivity index (χ4n) is 1.31. The van der Waals surface area contributed by atoms with E-state index >= 15 is 0 Å². The zero-order valence-corrected chi connectivity index (χ0v) is 10.2. The number of nitrogens with one attached hydrogen (secondary N) is 1. The summed E-state index contributed by atoms with van der Waals surface area (Å²) in [5, 5.41) is 10.9. The van der Waals surface area contributed by atoms with Gasteiger partial charge in [0.2, 0.25) is 5.91 Å². The average Bonchev–Trinajstić information content (AvgIpc) is 2.25. The minimum absolute atomic E-state index is 0.137. The maximum Gasteiger partial charge on any atom is 0.573 e. The first-order chi connectivity index (χ1) is 9.17. The lowest BCUT2D eigenvalue weighted by Crippen LogP contribution is -2.24. The first-order valence-electron chi connectivity index (χ1n) is 5.26. The Hall–Kier alpha value is -2.51. The molecule has 1 aromatic carbocycles. The molecule has 1 amide bonds. The molecular weight excluding hydrogens is 279 g/mol. The van der Waals surface area contributed by atoms with Crippen LogP contribution in [0.2, 0.25) is 0 Å². The normalized spacial score (nSPS) is 11.9. The van der Waals surface area contributed by atoms with Crippen molar-refractivity contribution in [3.05, 3.63) is 35.5 Å². The second kappa shape index (κ2) is 6.09. The molecule has 0 aliphatic heterocycles. The SMILES string of the molecule is CC(=O)N/C(=C/c1cccc(OC(F)(F)F)c1)C(=O)O. The lowest BCUT2D eigenvalue weighted by Gasteiger charge is -2.09. The van der Waals surface area contributed by atoms with E-state index in [2.05, 4.69) is 10.1 Å². The smallest absolute Gasteiger partial charge is 0.477 e. The second-order valence-corrected chi connectivity index (χ2v) is 3.66. The molecule has 0 heterocycles. The van der Waals surface area contributed by atoms with Gasteiger partial charge < -0.3 is 15.2 Å². The Bertz CT molecular complexity index is 552. The Balaban J connectivity index is 3.03. The monoisotopic (exact) mass is 289 g/mol. The molecule has 0 saturated heterocycles. The van der Waals surface area contributed by atoms with Crippen LogP contribution in [0, 0.1) is 0 Å². The summed E-state index contributed by atoms with van der Waals surface area (Å²) in [5.74, 6) is -2.51. The molecule has 1 rings (SSSR count). The van der Waals surface area contributed by atoms with Crippen LogP contribution in [0.3, 0.4) is 0 Å². The highest BCUT2D eigenvalue weighted by atomic mass is 19.4. The van der Waals surface area contributed by atoms with E-state index in [4.69, 9.17) is 5.11 Å². The van der Waals surface area contributed by atoms with Crippen LogP contribution < -0.4 is 10.1 Å². The van der Waals surface area contributed by atoms with Gasteiger partial charge in [0.15, 0.2) is 0 Å². The fourth-order valence-corrected chi connectivity index (χ4v) is 1.31. The number of rotatable bonds is 4. The molecule has 0 radical (unpaired) electrons. The van der Waals surface area contributed by atoms with Crippen molar-refractivity contribution < 1.29 is 32.6 Å². The third-order valence-electron chi connectivity index (χ3n) is 1.94. The molecule has 0 saturated carbocycles. The average molecular weight is 289 g/mol. The maximum atomic E-state index is 12.0. The van der Waals surface area contributed by atoms with Crippen molar-refractivity contribution in [2.45, 2.75) is 13.3 Å². The summed E-state index contributed by atoms with van der Waals surface area (Å²) in [6.45, 7) is 1.11. The lowest BCUT2D eigenvalue weighted by molar-refractivity contribution is -0.274. The molecule has 0 fully saturated rings. The maximum absolute atomic E-state index is 12.0. The van der Waals surface area contributed by atoms with Gasteiger partial charge in [-0.1, -0.05) is 12.1 Å². The highest BCUT2D eigenvalue weighted by Gasteiger charge is 2.31. The van der Waals surface area contributed by atoms with Crippen LogP contribution in [0.25, 0.3) is 6.08 Å². The number of benzene rings is 1. The topological polar surface area (TPSA) is 75.6 Å². The van der Waals surface area contributed by atoms with Gasteiger partial charge in [-0.25, -0.2) is 4.79 Å². The van der Waals surface area contributed by atoms with Crippen molar-refractivity contribution in [1.82, 2.24) is 5.32 Å². The number of aliphatic carboxylic acids is 1. The number of carboxylic acids is 1. The molecule has 5 nitrogen and oxygen atoms in total. The molecule has 2 N–H and O–H groups in total. The minimum atomic E-state index is -4.84. The lowest BCUT2D eigenvalue weighted by atomic mass is 10.2. The highest BCUT2D eigenvalue weighted by molar-refractivity contribution is 5.96. The van der Waals surface area contributed by atoms with Crippen molar-refractivity contribution in [2.24, 2.45) is 0 Å². The Morgan fingerprint density at radius 1 is 1.35 bits per heavy atom. The molecule has 0 bridgehead atoms. The van der Waals surface area contributed by atoms with E-state index in [-0.39, 0.29) is 5.56 Å². The minimum Gasteiger partial charge on any atom is -0.477 e. The molecule has 0 unspecified atom stereocenters. The van der Waals surface area contributed by atoms with E-state index in [0.29, 0.717) is 0 Å². The Kier molecular flexibility index (Phi) is 4.73. The summed E-state index contributed by atoms with van der Waals surface area (Å²) in [6, 6.07) is 4.70. The van der Waals surface area contributed by atoms with Crippen molar-refractivity contribution >= 4 is 18.0 Å². The largest absolute Gasteiger partial charge is 0.573 e. The van der Waals surface area contributed by atoms with Gasteiger partial charge in [0, 0.05) is 6.92 Å². The van der Waals surface area contributed by atoms with Crippen LogP contribution in [0.15, 0.2) is 30.0 Å². The van der Waals surface area contributed by atoms with E-state index in [1.807, 2.05) is 0 Å². The molecule has 0 spiro atoms. The molecule has 0 aliphatic rings. The summed E-state index contributed by atoms with van der Waals surface area (Å²) in [6.07, 6.45) is -3.82. The van der Waals surface area contributed by atoms with Crippen LogP contribution >= 0.6 is 0 Å². The fraction of sp³-hybridized carbons (Fsp3) is 0.167. The van der Waals surface area contributed by atoms with Gasteiger partial charge in [0.05, 0.1) is 0 Å². The molecule has 0 aromatic heterocycles. The summed E-state index contributed by atoms with van der Waals surface area (Å²) in [7, 11) is 0. The van der Waals surface area contributed by atoms with E-state index in [9.17, 15) is 22.8 Å². The number of alkyl halides is 3. The molecule has 108 valence electrons. The zero-order chi connectivity index (χ0) is 15.3.